The summed E-state index contributed by atoms with van der Waals surface area (Å²) in [6.07, 6.45) is 1.63. The number of nitrogens with one attached hydrogen (secondary N) is 1. The molecule has 1 rings (SSSR count). The van der Waals surface area contributed by atoms with Crippen molar-refractivity contribution in [3.8, 4) is 0 Å². The maximum absolute atomic E-state index is 11.2. The molecule has 0 radical (unpaired) electrons. The van der Waals surface area contributed by atoms with Crippen LogP contribution in [0.3, 0.4) is 0 Å². The van der Waals surface area contributed by atoms with Gasteiger partial charge in [0, 0.05) is 11.8 Å². The van der Waals surface area contributed by atoms with Crippen LogP contribution >= 0.6 is 12.2 Å². The first-order chi connectivity index (χ1) is 8.65. The average Bonchev–Trinajstić information content (AvgIpc) is 2.35. The molecule has 1 aromatic carbocycles. The fourth-order valence-corrected chi connectivity index (χ4v) is 1.54. The van der Waals surface area contributed by atoms with Gasteiger partial charge in [0.15, 0.2) is 0 Å². The molecule has 3 N–H and O–H groups in total. The Morgan fingerprint density at radius 2 is 2.11 bits per heavy atom. The summed E-state index contributed by atoms with van der Waals surface area (Å²) in [5.74, 6) is -0.316. The van der Waals surface area contributed by atoms with Crippen LogP contribution in [0.25, 0.3) is 5.57 Å². The number of esters is 1. The van der Waals surface area contributed by atoms with Crippen LogP contribution < -0.4 is 11.1 Å². The summed E-state index contributed by atoms with van der Waals surface area (Å²) in [7, 11) is 0. The molecular formula is C13H16N2O2S. The van der Waals surface area contributed by atoms with Gasteiger partial charge in [-0.05, 0) is 12.5 Å². The Morgan fingerprint density at radius 3 is 2.67 bits per heavy atom. The number of ether oxygens (including phenoxy) is 1. The first kappa shape index (κ1) is 14.2. The second-order valence-electron chi connectivity index (χ2n) is 3.47. The molecule has 0 aliphatic heterocycles. The topological polar surface area (TPSA) is 64.3 Å². The summed E-state index contributed by atoms with van der Waals surface area (Å²) >= 11 is 4.98. The fourth-order valence-electron chi connectivity index (χ4n) is 1.36. The molecule has 0 bridgehead atoms. The second kappa shape index (κ2) is 7.45. The van der Waals surface area contributed by atoms with E-state index in [-0.39, 0.29) is 17.5 Å². The predicted molar refractivity (Wildman–Crippen MR) is 75.8 cm³/mol. The normalized spacial score (nSPS) is 10.8. The van der Waals surface area contributed by atoms with Gasteiger partial charge in [0.25, 0.3) is 0 Å². The van der Waals surface area contributed by atoms with Crippen molar-refractivity contribution in [2.75, 3.05) is 13.2 Å². The highest BCUT2D eigenvalue weighted by Crippen LogP contribution is 2.12. The van der Waals surface area contributed by atoms with E-state index < -0.39 is 0 Å². The smallest absolute Gasteiger partial charge is 0.325 e. The number of benzene rings is 1. The Labute approximate surface area is 112 Å². The van der Waals surface area contributed by atoms with Crippen LogP contribution in [-0.4, -0.2) is 24.1 Å². The van der Waals surface area contributed by atoms with E-state index in [0.717, 1.165) is 5.56 Å². The van der Waals surface area contributed by atoms with E-state index in [1.54, 1.807) is 13.1 Å². The third-order valence-corrected chi connectivity index (χ3v) is 2.37. The van der Waals surface area contributed by atoms with Gasteiger partial charge in [0.1, 0.15) is 11.5 Å². The van der Waals surface area contributed by atoms with Crippen molar-refractivity contribution in [1.29, 1.82) is 0 Å². The van der Waals surface area contributed by atoms with Crippen molar-refractivity contribution < 1.29 is 9.53 Å². The Bertz CT molecular complexity index is 444. The summed E-state index contributed by atoms with van der Waals surface area (Å²) in [6, 6.07) is 9.50. The Kier molecular flexibility index (Phi) is 5.87. The Morgan fingerprint density at radius 1 is 1.44 bits per heavy atom. The summed E-state index contributed by atoms with van der Waals surface area (Å²) in [6.45, 7) is 2.22. The lowest BCUT2D eigenvalue weighted by Gasteiger charge is -2.07. The first-order valence-electron chi connectivity index (χ1n) is 5.59. The van der Waals surface area contributed by atoms with Gasteiger partial charge in [0.2, 0.25) is 0 Å². The van der Waals surface area contributed by atoms with Gasteiger partial charge in [-0.15, -0.1) is 0 Å². The van der Waals surface area contributed by atoms with Crippen LogP contribution in [0.2, 0.25) is 0 Å². The lowest BCUT2D eigenvalue weighted by molar-refractivity contribution is -0.141. The van der Waals surface area contributed by atoms with Crippen LogP contribution in [0.4, 0.5) is 0 Å². The lowest BCUT2D eigenvalue weighted by Crippen LogP contribution is -2.22. The third kappa shape index (κ3) is 4.55. The maximum atomic E-state index is 11.2. The zero-order chi connectivity index (χ0) is 13.4. The monoisotopic (exact) mass is 264 g/mol. The summed E-state index contributed by atoms with van der Waals surface area (Å²) in [4.78, 5) is 11.4. The second-order valence-corrected chi connectivity index (χ2v) is 3.91. The predicted octanol–water partition coefficient (Wildman–Crippen LogP) is 1.47. The molecule has 0 aliphatic carbocycles. The van der Waals surface area contributed by atoms with Crippen LogP contribution in [0.5, 0.6) is 0 Å². The van der Waals surface area contributed by atoms with Gasteiger partial charge >= 0.3 is 5.97 Å². The number of carbonyl (C=O) groups is 1. The van der Waals surface area contributed by atoms with Gasteiger partial charge in [-0.3, -0.25) is 4.79 Å². The number of rotatable bonds is 6. The number of thiocarbonyl (C=S) groups is 1. The van der Waals surface area contributed by atoms with Crippen LogP contribution in [0.15, 0.2) is 36.5 Å². The van der Waals surface area contributed by atoms with E-state index in [9.17, 15) is 4.79 Å². The molecule has 0 amide bonds. The largest absolute Gasteiger partial charge is 0.465 e. The molecule has 18 heavy (non-hydrogen) atoms. The van der Waals surface area contributed by atoms with Gasteiger partial charge in [-0.2, -0.15) is 0 Å². The first-order valence-corrected chi connectivity index (χ1v) is 6.00. The molecule has 0 spiro atoms. The van der Waals surface area contributed by atoms with E-state index in [2.05, 4.69) is 5.32 Å². The average molecular weight is 264 g/mol. The zero-order valence-corrected chi connectivity index (χ0v) is 11.0. The van der Waals surface area contributed by atoms with Gasteiger partial charge < -0.3 is 15.8 Å². The molecule has 0 saturated carbocycles. The molecule has 0 aliphatic rings. The molecular weight excluding hydrogens is 248 g/mol. The maximum Gasteiger partial charge on any atom is 0.325 e. The minimum absolute atomic E-state index is 0.0901. The van der Waals surface area contributed by atoms with Crippen molar-refractivity contribution in [3.05, 3.63) is 42.1 Å². The van der Waals surface area contributed by atoms with Crippen LogP contribution in [-0.2, 0) is 9.53 Å². The van der Waals surface area contributed by atoms with Gasteiger partial charge in [-0.1, -0.05) is 42.5 Å². The highest BCUT2D eigenvalue weighted by molar-refractivity contribution is 7.81. The zero-order valence-electron chi connectivity index (χ0n) is 10.2. The van der Waals surface area contributed by atoms with Crippen molar-refractivity contribution in [1.82, 2.24) is 5.32 Å². The van der Waals surface area contributed by atoms with Crippen LogP contribution in [0.1, 0.15) is 12.5 Å². The highest BCUT2D eigenvalue weighted by atomic mass is 32.1. The Hall–Kier alpha value is -1.88. The highest BCUT2D eigenvalue weighted by Gasteiger charge is 2.04. The molecule has 0 atom stereocenters. The molecule has 0 saturated heterocycles. The van der Waals surface area contributed by atoms with Crippen molar-refractivity contribution in [2.45, 2.75) is 6.92 Å². The number of nitrogens with two attached hydrogens (primary N) is 1. The number of carbonyl (C=O) groups excluding carboxylic acids is 1. The van der Waals surface area contributed by atoms with E-state index >= 15 is 0 Å². The summed E-state index contributed by atoms with van der Waals surface area (Å²) < 4.78 is 4.80. The minimum atomic E-state index is -0.316. The standard InChI is InChI=1S/C13H16N2O2S/c1-2-17-12(16)9-15-8-11(13(14)18)10-6-4-3-5-7-10/h3-8,15H,2,9H2,1H3,(H2,14,18)/b11-8+. The van der Waals surface area contributed by atoms with E-state index in [0.29, 0.717) is 12.2 Å². The molecule has 0 heterocycles. The molecule has 0 unspecified atom stereocenters. The van der Waals surface area contributed by atoms with Crippen molar-refractivity contribution in [2.24, 2.45) is 5.73 Å². The molecule has 96 valence electrons. The van der Waals surface area contributed by atoms with E-state index in [1.807, 2.05) is 30.3 Å². The van der Waals surface area contributed by atoms with E-state index in [4.69, 9.17) is 22.7 Å². The van der Waals surface area contributed by atoms with Gasteiger partial charge in [-0.25, -0.2) is 0 Å². The minimum Gasteiger partial charge on any atom is -0.465 e. The van der Waals surface area contributed by atoms with Gasteiger partial charge in [0.05, 0.1) is 6.61 Å². The summed E-state index contributed by atoms with van der Waals surface area (Å²) in [5, 5.41) is 2.85. The quantitative estimate of drug-likeness (QED) is 0.463. The summed E-state index contributed by atoms with van der Waals surface area (Å²) in [5.41, 5.74) is 7.25. The SMILES string of the molecule is CCOC(=O)CN/C=C(/C(N)=S)c1ccccc1. The molecule has 4 nitrogen and oxygen atoms in total. The van der Waals surface area contributed by atoms with Crippen molar-refractivity contribution >= 4 is 28.7 Å². The Balaban J connectivity index is 2.69. The molecule has 5 heteroatoms. The van der Waals surface area contributed by atoms with E-state index in [1.165, 1.54) is 0 Å². The fraction of sp³-hybridized carbons (Fsp3) is 0.231. The van der Waals surface area contributed by atoms with Crippen LogP contribution in [0, 0.1) is 0 Å². The molecule has 0 aromatic heterocycles. The number of hydrogen-bond donors (Lipinski definition) is 2. The lowest BCUT2D eigenvalue weighted by atomic mass is 10.1. The molecule has 0 fully saturated rings. The third-order valence-electron chi connectivity index (χ3n) is 2.15. The molecule has 1 aromatic rings. The number of hydrogen-bond acceptors (Lipinski definition) is 4. The van der Waals surface area contributed by atoms with Crippen molar-refractivity contribution in [3.63, 3.8) is 0 Å².